The quantitative estimate of drug-likeness (QED) is 0.644. The smallest absolute Gasteiger partial charge is 0.246 e. The van der Waals surface area contributed by atoms with Gasteiger partial charge in [0.25, 0.3) is 0 Å². The monoisotopic (exact) mass is 432 g/mol. The van der Waals surface area contributed by atoms with Gasteiger partial charge in [0.2, 0.25) is 5.91 Å². The average Bonchev–Trinajstić information content (AvgIpc) is 3.41. The fourth-order valence-corrected chi connectivity index (χ4v) is 7.22. The van der Waals surface area contributed by atoms with Gasteiger partial charge in [-0.25, -0.2) is 0 Å². The fourth-order valence-electron chi connectivity index (χ4n) is 7.22. The van der Waals surface area contributed by atoms with E-state index in [9.17, 15) is 4.79 Å². The molecule has 2 heterocycles. The lowest BCUT2D eigenvalue weighted by Crippen LogP contribution is -2.68. The molecule has 0 radical (unpaired) electrons. The Labute approximate surface area is 190 Å². The van der Waals surface area contributed by atoms with Gasteiger partial charge in [0.05, 0.1) is 25.7 Å². The molecule has 32 heavy (non-hydrogen) atoms. The third-order valence-electron chi connectivity index (χ3n) is 8.60. The van der Waals surface area contributed by atoms with Crippen molar-refractivity contribution in [3.8, 4) is 5.75 Å². The highest BCUT2D eigenvalue weighted by Gasteiger charge is 2.70. The lowest BCUT2D eigenvalue weighted by Gasteiger charge is -2.57. The number of amides is 1. The second kappa shape index (κ2) is 6.98. The first-order valence-corrected chi connectivity index (χ1v) is 11.8. The maximum Gasteiger partial charge on any atom is 0.246 e. The Morgan fingerprint density at radius 3 is 2.91 bits per heavy atom. The number of benzene rings is 1. The van der Waals surface area contributed by atoms with Crippen LogP contribution in [0.4, 0.5) is 0 Å². The van der Waals surface area contributed by atoms with Crippen LogP contribution in [0.15, 0.2) is 47.3 Å². The summed E-state index contributed by atoms with van der Waals surface area (Å²) >= 11 is 0. The van der Waals surface area contributed by atoms with E-state index in [2.05, 4.69) is 30.0 Å². The van der Waals surface area contributed by atoms with Gasteiger partial charge in [0.15, 0.2) is 0 Å². The van der Waals surface area contributed by atoms with E-state index in [4.69, 9.17) is 9.15 Å². The van der Waals surface area contributed by atoms with Gasteiger partial charge in [-0.15, -0.1) is 0 Å². The van der Waals surface area contributed by atoms with Gasteiger partial charge in [-0.05, 0) is 67.0 Å². The molecule has 1 aromatic carbocycles. The molecule has 4 aliphatic rings. The Morgan fingerprint density at radius 2 is 2.19 bits per heavy atom. The summed E-state index contributed by atoms with van der Waals surface area (Å²) in [6.45, 7) is 4.73. The molecule has 2 bridgehead atoms. The van der Waals surface area contributed by atoms with Crippen molar-refractivity contribution in [2.75, 3.05) is 27.2 Å². The van der Waals surface area contributed by atoms with Crippen molar-refractivity contribution in [2.45, 2.75) is 50.1 Å². The number of hydrogen-bond donors (Lipinski definition) is 0. The first-order chi connectivity index (χ1) is 15.4. The maximum atomic E-state index is 13.4. The molecule has 4 atom stereocenters. The van der Waals surface area contributed by atoms with Crippen molar-refractivity contribution in [2.24, 2.45) is 11.3 Å². The van der Waals surface area contributed by atoms with Crippen LogP contribution in [0.25, 0.3) is 6.08 Å². The van der Waals surface area contributed by atoms with E-state index < -0.39 is 0 Å². The normalized spacial score (nSPS) is 33.0. The number of nitrogens with zero attached hydrogens (tertiary/aromatic N) is 2. The van der Waals surface area contributed by atoms with Crippen molar-refractivity contribution < 1.29 is 13.9 Å². The number of fused-ring (bicyclic) bond motifs is 3. The van der Waals surface area contributed by atoms with Crippen LogP contribution in [-0.4, -0.2) is 55.0 Å². The standard InChI is InChI=1S/C27H32N2O3/c1-26-16-27(13-20-7-8-21(31-3)12-22(20)26)17-29(14-18-4-5-18)25(27)24(26)28(2)23(30)9-6-19-10-11-32-15-19/h6-12,15,18,24-25H,4-5,13-14,16-17H2,1-3H3. The zero-order chi connectivity index (χ0) is 22.1. The predicted molar refractivity (Wildman–Crippen MR) is 123 cm³/mol. The number of likely N-dealkylation sites (tertiary alicyclic amines) is 1. The summed E-state index contributed by atoms with van der Waals surface area (Å²) in [6.07, 6.45) is 11.8. The van der Waals surface area contributed by atoms with Crippen molar-refractivity contribution in [1.82, 2.24) is 9.80 Å². The molecule has 2 aromatic rings. The summed E-state index contributed by atoms with van der Waals surface area (Å²) in [5, 5.41) is 0. The third kappa shape index (κ3) is 2.90. The second-order valence-electron chi connectivity index (χ2n) is 10.8. The van der Waals surface area contributed by atoms with Crippen molar-refractivity contribution in [3.63, 3.8) is 0 Å². The van der Waals surface area contributed by atoms with Gasteiger partial charge < -0.3 is 14.1 Å². The molecule has 5 heteroatoms. The van der Waals surface area contributed by atoms with Crippen LogP contribution in [0.3, 0.4) is 0 Å². The molecular formula is C27H32N2O3. The Hall–Kier alpha value is -2.53. The molecule has 4 unspecified atom stereocenters. The number of ether oxygens (including phenoxy) is 1. The Balaban J connectivity index is 1.38. The summed E-state index contributed by atoms with van der Waals surface area (Å²) in [5.41, 5.74) is 3.91. The van der Waals surface area contributed by atoms with Crippen molar-refractivity contribution in [1.29, 1.82) is 0 Å². The number of carbonyl (C=O) groups is 1. The molecular weight excluding hydrogens is 400 g/mol. The predicted octanol–water partition coefficient (Wildman–Crippen LogP) is 4.13. The van der Waals surface area contributed by atoms with E-state index in [-0.39, 0.29) is 22.8 Å². The van der Waals surface area contributed by atoms with Crippen LogP contribution in [0.1, 0.15) is 42.9 Å². The summed E-state index contributed by atoms with van der Waals surface area (Å²) in [6, 6.07) is 9.01. The zero-order valence-electron chi connectivity index (χ0n) is 19.2. The number of hydrogen-bond acceptors (Lipinski definition) is 4. The lowest BCUT2D eigenvalue weighted by atomic mass is 9.63. The third-order valence-corrected chi connectivity index (χ3v) is 8.60. The molecule has 168 valence electrons. The van der Waals surface area contributed by atoms with Crippen molar-refractivity contribution in [3.05, 3.63) is 59.6 Å². The first-order valence-electron chi connectivity index (χ1n) is 11.8. The van der Waals surface area contributed by atoms with Crippen LogP contribution in [0.2, 0.25) is 0 Å². The summed E-state index contributed by atoms with van der Waals surface area (Å²) in [5.74, 6) is 1.82. The van der Waals surface area contributed by atoms with Gasteiger partial charge >= 0.3 is 0 Å². The molecule has 6 rings (SSSR count). The van der Waals surface area contributed by atoms with Crippen LogP contribution >= 0.6 is 0 Å². The highest BCUT2D eigenvalue weighted by atomic mass is 16.5. The van der Waals surface area contributed by atoms with E-state index >= 15 is 0 Å². The van der Waals surface area contributed by atoms with Crippen molar-refractivity contribution >= 4 is 12.0 Å². The molecule has 1 aliphatic heterocycles. The average molecular weight is 433 g/mol. The van der Waals surface area contributed by atoms with Crippen LogP contribution in [0.5, 0.6) is 5.75 Å². The molecule has 3 fully saturated rings. The molecule has 1 spiro atoms. The Bertz CT molecular complexity index is 1070. The molecule has 1 amide bonds. The second-order valence-corrected chi connectivity index (χ2v) is 10.8. The Morgan fingerprint density at radius 1 is 1.34 bits per heavy atom. The van der Waals surface area contributed by atoms with Crippen LogP contribution < -0.4 is 4.74 Å². The molecule has 1 aromatic heterocycles. The van der Waals surface area contributed by atoms with Gasteiger partial charge in [-0.1, -0.05) is 13.0 Å². The number of likely N-dealkylation sites (N-methyl/N-ethyl adjacent to an activating group) is 1. The van der Waals surface area contributed by atoms with Gasteiger partial charge in [-0.3, -0.25) is 9.69 Å². The van der Waals surface area contributed by atoms with E-state index in [1.54, 1.807) is 25.7 Å². The fraction of sp³-hybridized carbons (Fsp3) is 0.519. The summed E-state index contributed by atoms with van der Waals surface area (Å²) in [4.78, 5) is 18.1. The van der Waals surface area contributed by atoms with Crippen LogP contribution in [-0.2, 0) is 16.6 Å². The number of methoxy groups -OCH3 is 1. The molecule has 5 nitrogen and oxygen atoms in total. The minimum absolute atomic E-state index is 0.0582. The largest absolute Gasteiger partial charge is 0.497 e. The first kappa shape index (κ1) is 20.1. The van der Waals surface area contributed by atoms with Crippen LogP contribution in [0, 0.1) is 11.3 Å². The number of rotatable bonds is 6. The molecule has 2 saturated carbocycles. The van der Waals surface area contributed by atoms with E-state index in [0.29, 0.717) is 6.04 Å². The Kier molecular flexibility index (Phi) is 4.39. The molecule has 0 N–H and O–H groups in total. The lowest BCUT2D eigenvalue weighted by molar-refractivity contribution is -0.133. The van der Waals surface area contributed by atoms with Gasteiger partial charge in [0, 0.05) is 48.6 Å². The van der Waals surface area contributed by atoms with Gasteiger partial charge in [-0.2, -0.15) is 0 Å². The van der Waals surface area contributed by atoms with E-state index in [1.165, 1.54) is 37.1 Å². The highest BCUT2D eigenvalue weighted by molar-refractivity contribution is 5.92. The zero-order valence-corrected chi connectivity index (χ0v) is 19.2. The molecule has 1 saturated heterocycles. The van der Waals surface area contributed by atoms with E-state index in [1.807, 2.05) is 24.1 Å². The summed E-state index contributed by atoms with van der Waals surface area (Å²) < 4.78 is 10.7. The minimum Gasteiger partial charge on any atom is -0.497 e. The molecule has 3 aliphatic carbocycles. The number of carbonyl (C=O) groups excluding carboxylic acids is 1. The summed E-state index contributed by atoms with van der Waals surface area (Å²) in [7, 11) is 3.73. The topological polar surface area (TPSA) is 45.9 Å². The number of furan rings is 1. The highest BCUT2D eigenvalue weighted by Crippen LogP contribution is 2.65. The minimum atomic E-state index is -0.0843. The van der Waals surface area contributed by atoms with Gasteiger partial charge in [0.1, 0.15) is 5.75 Å². The SMILES string of the molecule is COc1ccc2c(c1)C1(C)CC3(C2)CN(CC2CC2)C3C1N(C)C(=O)C=Cc1ccoc1. The maximum absolute atomic E-state index is 13.4. The van der Waals surface area contributed by atoms with E-state index in [0.717, 1.165) is 30.1 Å².